The van der Waals surface area contributed by atoms with Gasteiger partial charge < -0.3 is 19.1 Å². The molecule has 1 saturated carbocycles. The summed E-state index contributed by atoms with van der Waals surface area (Å²) in [6.45, 7) is 1.42. The van der Waals surface area contributed by atoms with Gasteiger partial charge in [0.25, 0.3) is 5.91 Å². The molecule has 2 aliphatic rings. The van der Waals surface area contributed by atoms with Crippen LogP contribution >= 0.6 is 0 Å². The van der Waals surface area contributed by atoms with Crippen LogP contribution in [0.3, 0.4) is 0 Å². The van der Waals surface area contributed by atoms with Crippen LogP contribution in [0.15, 0.2) is 18.2 Å². The predicted molar refractivity (Wildman–Crippen MR) is 101 cm³/mol. The van der Waals surface area contributed by atoms with Crippen LogP contribution < -0.4 is 4.74 Å². The lowest BCUT2D eigenvalue weighted by molar-refractivity contribution is -0.136. The third-order valence-electron chi connectivity index (χ3n) is 5.75. The van der Waals surface area contributed by atoms with E-state index in [0.717, 1.165) is 25.4 Å². The molecular weight excluding hydrogens is 362 g/mol. The first kappa shape index (κ1) is 20.2. The summed E-state index contributed by atoms with van der Waals surface area (Å²) in [6.07, 6.45) is 6.08. The summed E-state index contributed by atoms with van der Waals surface area (Å²) in [4.78, 5) is 38.2. The molecule has 1 heterocycles. The highest BCUT2D eigenvalue weighted by molar-refractivity contribution is 5.96. The van der Waals surface area contributed by atoms with Crippen molar-refractivity contribution >= 4 is 17.8 Å². The number of amides is 1. The van der Waals surface area contributed by atoms with Gasteiger partial charge in [-0.1, -0.05) is 19.3 Å². The summed E-state index contributed by atoms with van der Waals surface area (Å²) in [7, 11) is 2.51. The Hall–Kier alpha value is -2.57. The Kier molecular flexibility index (Phi) is 6.54. The van der Waals surface area contributed by atoms with E-state index in [1.807, 2.05) is 4.90 Å². The van der Waals surface area contributed by atoms with Crippen molar-refractivity contribution in [3.63, 3.8) is 0 Å². The normalized spacial score (nSPS) is 21.4. The first-order valence-corrected chi connectivity index (χ1v) is 9.74. The fourth-order valence-corrected chi connectivity index (χ4v) is 4.22. The van der Waals surface area contributed by atoms with E-state index in [-0.39, 0.29) is 29.4 Å². The number of hydrogen-bond acceptors (Lipinski definition) is 6. The number of nitrogens with zero attached hydrogens (tertiary/aromatic N) is 1. The molecule has 1 aromatic carbocycles. The number of carbonyl (C=O) groups excluding carboxylic acids is 3. The third kappa shape index (κ3) is 4.64. The molecule has 1 amide bonds. The lowest BCUT2D eigenvalue weighted by Gasteiger charge is -2.41. The van der Waals surface area contributed by atoms with Crippen LogP contribution in [0.25, 0.3) is 0 Å². The Morgan fingerprint density at radius 3 is 2.14 bits per heavy atom. The molecule has 1 aliphatic carbocycles. The first-order valence-electron chi connectivity index (χ1n) is 9.74. The number of benzene rings is 1. The number of hydrogen-bond donors (Lipinski definition) is 0. The van der Waals surface area contributed by atoms with Crippen LogP contribution in [-0.2, 0) is 14.3 Å². The van der Waals surface area contributed by atoms with Crippen LogP contribution in [0.4, 0.5) is 0 Å². The molecule has 1 aromatic rings. The van der Waals surface area contributed by atoms with Gasteiger partial charge in [0.2, 0.25) is 0 Å². The second kappa shape index (κ2) is 9.08. The van der Waals surface area contributed by atoms with Gasteiger partial charge in [-0.3, -0.25) is 4.79 Å². The molecule has 152 valence electrons. The number of piperidine rings is 1. The van der Waals surface area contributed by atoms with Crippen LogP contribution in [0.2, 0.25) is 0 Å². The van der Waals surface area contributed by atoms with E-state index in [4.69, 9.17) is 14.2 Å². The van der Waals surface area contributed by atoms with Crippen molar-refractivity contribution < 1.29 is 28.6 Å². The predicted octanol–water partition coefficient (Wildman–Crippen LogP) is 2.68. The van der Waals surface area contributed by atoms with E-state index in [9.17, 15) is 14.4 Å². The number of likely N-dealkylation sites (tertiary alicyclic amines) is 1. The zero-order valence-electron chi connectivity index (χ0n) is 16.4. The highest BCUT2D eigenvalue weighted by Crippen LogP contribution is 2.36. The maximum atomic E-state index is 12.6. The maximum absolute atomic E-state index is 12.6. The molecule has 28 heavy (non-hydrogen) atoms. The van der Waals surface area contributed by atoms with Crippen molar-refractivity contribution in [2.45, 2.75) is 32.1 Å². The molecule has 0 aromatic heterocycles. The quantitative estimate of drug-likeness (QED) is 0.720. The van der Waals surface area contributed by atoms with E-state index in [2.05, 4.69) is 0 Å². The van der Waals surface area contributed by atoms with Gasteiger partial charge in [0.15, 0.2) is 6.61 Å². The van der Waals surface area contributed by atoms with Gasteiger partial charge >= 0.3 is 11.9 Å². The van der Waals surface area contributed by atoms with E-state index in [1.54, 1.807) is 0 Å². The van der Waals surface area contributed by atoms with Crippen molar-refractivity contribution in [1.82, 2.24) is 4.90 Å². The van der Waals surface area contributed by atoms with Crippen molar-refractivity contribution in [3.8, 4) is 5.75 Å². The fourth-order valence-electron chi connectivity index (χ4n) is 4.22. The van der Waals surface area contributed by atoms with Crippen LogP contribution in [-0.4, -0.2) is 56.7 Å². The summed E-state index contributed by atoms with van der Waals surface area (Å²) in [6, 6.07) is 4.29. The average Bonchev–Trinajstić information content (AvgIpc) is 2.75. The Labute approximate surface area is 164 Å². The number of esters is 2. The number of rotatable bonds is 5. The number of fused-ring (bicyclic) bond motifs is 1. The van der Waals surface area contributed by atoms with Gasteiger partial charge in [-0.25, -0.2) is 9.59 Å². The molecule has 2 fully saturated rings. The first-order chi connectivity index (χ1) is 13.5. The monoisotopic (exact) mass is 389 g/mol. The maximum Gasteiger partial charge on any atom is 0.338 e. The molecule has 1 saturated heterocycles. The van der Waals surface area contributed by atoms with Crippen LogP contribution in [0.5, 0.6) is 5.75 Å². The number of carbonyl (C=O) groups is 3. The smallest absolute Gasteiger partial charge is 0.338 e. The standard InChI is InChI=1S/C21H27NO6/c1-26-20(24)16-9-17(21(25)27-2)11-18(10-16)28-13-19(23)22-8-7-14-5-3-4-6-15(14)12-22/h9-11,14-15H,3-8,12-13H2,1-2H3/t14-,15+/m1/s1. The number of ether oxygens (including phenoxy) is 3. The second-order valence-electron chi connectivity index (χ2n) is 7.45. The highest BCUT2D eigenvalue weighted by atomic mass is 16.5. The molecule has 0 spiro atoms. The Morgan fingerprint density at radius 2 is 1.54 bits per heavy atom. The van der Waals surface area contributed by atoms with Crippen LogP contribution in [0.1, 0.15) is 52.8 Å². The summed E-state index contributed by atoms with van der Waals surface area (Å²) < 4.78 is 15.0. The largest absolute Gasteiger partial charge is 0.484 e. The molecular formula is C21H27NO6. The topological polar surface area (TPSA) is 82.1 Å². The summed E-state index contributed by atoms with van der Waals surface area (Å²) in [5.74, 6) is 0.331. The van der Waals surface area contributed by atoms with E-state index in [1.165, 1.54) is 58.1 Å². The highest BCUT2D eigenvalue weighted by Gasteiger charge is 2.33. The number of methoxy groups -OCH3 is 2. The molecule has 7 heteroatoms. The molecule has 1 aliphatic heterocycles. The summed E-state index contributed by atoms with van der Waals surface area (Å²) in [5, 5.41) is 0. The Balaban J connectivity index is 1.65. The fraction of sp³-hybridized carbons (Fsp3) is 0.571. The van der Waals surface area contributed by atoms with Gasteiger partial charge in [-0.05, 0) is 42.9 Å². The van der Waals surface area contributed by atoms with E-state index >= 15 is 0 Å². The summed E-state index contributed by atoms with van der Waals surface area (Å²) >= 11 is 0. The van der Waals surface area contributed by atoms with E-state index in [0.29, 0.717) is 5.92 Å². The van der Waals surface area contributed by atoms with E-state index < -0.39 is 11.9 Å². The lowest BCUT2D eigenvalue weighted by Crippen LogP contribution is -2.46. The Morgan fingerprint density at radius 1 is 0.929 bits per heavy atom. The minimum absolute atomic E-state index is 0.0767. The second-order valence-corrected chi connectivity index (χ2v) is 7.45. The molecule has 0 N–H and O–H groups in total. The van der Waals surface area contributed by atoms with Crippen molar-refractivity contribution in [3.05, 3.63) is 29.3 Å². The molecule has 7 nitrogen and oxygen atoms in total. The summed E-state index contributed by atoms with van der Waals surface area (Å²) in [5.41, 5.74) is 0.326. The van der Waals surface area contributed by atoms with Gasteiger partial charge in [0, 0.05) is 13.1 Å². The minimum Gasteiger partial charge on any atom is -0.484 e. The zero-order valence-corrected chi connectivity index (χ0v) is 16.4. The van der Waals surface area contributed by atoms with Gasteiger partial charge in [-0.15, -0.1) is 0 Å². The SMILES string of the molecule is COC(=O)c1cc(OCC(=O)N2CC[C@H]3CCCC[C@H]3C2)cc(C(=O)OC)c1. The zero-order chi connectivity index (χ0) is 20.1. The minimum atomic E-state index is -0.596. The molecule has 0 bridgehead atoms. The van der Waals surface area contributed by atoms with Gasteiger partial charge in [0.05, 0.1) is 25.3 Å². The van der Waals surface area contributed by atoms with Crippen LogP contribution in [0, 0.1) is 11.8 Å². The van der Waals surface area contributed by atoms with Gasteiger partial charge in [0.1, 0.15) is 5.75 Å². The van der Waals surface area contributed by atoms with Crippen molar-refractivity contribution in [2.24, 2.45) is 11.8 Å². The van der Waals surface area contributed by atoms with Gasteiger partial charge in [-0.2, -0.15) is 0 Å². The Bertz CT molecular complexity index is 712. The molecule has 3 rings (SSSR count). The van der Waals surface area contributed by atoms with Crippen molar-refractivity contribution in [2.75, 3.05) is 33.9 Å². The lowest BCUT2D eigenvalue weighted by atomic mass is 9.75. The molecule has 0 radical (unpaired) electrons. The van der Waals surface area contributed by atoms with Crippen molar-refractivity contribution in [1.29, 1.82) is 0 Å². The average molecular weight is 389 g/mol. The molecule has 2 atom stereocenters. The third-order valence-corrected chi connectivity index (χ3v) is 5.75. The molecule has 0 unspecified atom stereocenters.